The Bertz CT molecular complexity index is 1210. The Kier molecular flexibility index (Phi) is 5.62. The monoisotopic (exact) mass is 472 g/mol. The lowest BCUT2D eigenvalue weighted by Gasteiger charge is -2.58. The van der Waals surface area contributed by atoms with E-state index in [-0.39, 0.29) is 49.8 Å². The van der Waals surface area contributed by atoms with Crippen molar-refractivity contribution in [2.45, 2.75) is 43.7 Å². The number of ether oxygens (including phenoxy) is 2. The first-order chi connectivity index (χ1) is 17.1. The van der Waals surface area contributed by atoms with Gasteiger partial charge >= 0.3 is 0 Å². The lowest BCUT2D eigenvalue weighted by Crippen LogP contribution is -2.73. The van der Waals surface area contributed by atoms with Gasteiger partial charge in [0, 0.05) is 29.5 Å². The van der Waals surface area contributed by atoms with E-state index in [2.05, 4.69) is 11.8 Å². The second-order valence-corrected chi connectivity index (χ2v) is 9.77. The molecule has 0 aromatic heterocycles. The molecule has 3 heterocycles. The van der Waals surface area contributed by atoms with E-state index in [0.29, 0.717) is 29.5 Å². The van der Waals surface area contributed by atoms with Gasteiger partial charge in [0.15, 0.2) is 11.5 Å². The third-order valence-electron chi connectivity index (χ3n) is 7.73. The van der Waals surface area contributed by atoms with Crippen molar-refractivity contribution >= 4 is 11.8 Å². The summed E-state index contributed by atoms with van der Waals surface area (Å²) in [5.74, 6) is 7.98. The maximum atomic E-state index is 13.2. The Morgan fingerprint density at radius 3 is 2.60 bits per heavy atom. The van der Waals surface area contributed by atoms with Crippen molar-refractivity contribution in [2.24, 2.45) is 5.92 Å². The molecule has 2 amide bonds. The third kappa shape index (κ3) is 3.92. The average Bonchev–Trinajstić information content (AvgIpc) is 3.56. The van der Waals surface area contributed by atoms with E-state index in [4.69, 9.17) is 9.47 Å². The van der Waals surface area contributed by atoms with E-state index in [1.807, 2.05) is 24.3 Å². The highest BCUT2D eigenvalue weighted by atomic mass is 16.7. The number of aliphatic hydroxyl groups is 1. The number of amides is 2. The highest BCUT2D eigenvalue weighted by molar-refractivity contribution is 5.98. The molecule has 3 aliphatic heterocycles. The van der Waals surface area contributed by atoms with Gasteiger partial charge in [-0.15, -0.1) is 0 Å². The first kappa shape index (κ1) is 22.0. The van der Waals surface area contributed by atoms with Gasteiger partial charge in [-0.25, -0.2) is 0 Å². The van der Waals surface area contributed by atoms with Crippen molar-refractivity contribution in [3.05, 3.63) is 59.2 Å². The van der Waals surface area contributed by atoms with Crippen LogP contribution in [0.2, 0.25) is 0 Å². The van der Waals surface area contributed by atoms with Gasteiger partial charge in [-0.1, -0.05) is 36.8 Å². The zero-order chi connectivity index (χ0) is 23.9. The van der Waals surface area contributed by atoms with Crippen molar-refractivity contribution in [2.75, 3.05) is 26.5 Å². The molecule has 1 aliphatic carbocycles. The van der Waals surface area contributed by atoms with Crippen LogP contribution in [-0.4, -0.2) is 65.3 Å². The molecule has 3 atom stereocenters. The van der Waals surface area contributed by atoms with Crippen molar-refractivity contribution in [1.29, 1.82) is 0 Å². The van der Waals surface area contributed by atoms with Crippen LogP contribution in [0.15, 0.2) is 42.5 Å². The summed E-state index contributed by atoms with van der Waals surface area (Å²) in [5.41, 5.74) is 2.51. The fourth-order valence-electron chi connectivity index (χ4n) is 5.91. The summed E-state index contributed by atoms with van der Waals surface area (Å²) >= 11 is 0. The van der Waals surface area contributed by atoms with E-state index in [1.165, 1.54) is 25.7 Å². The molecule has 7 heteroatoms. The predicted octanol–water partition coefficient (Wildman–Crippen LogP) is 2.77. The number of hydrogen-bond acceptors (Lipinski definition) is 5. The van der Waals surface area contributed by atoms with Gasteiger partial charge in [0.2, 0.25) is 12.7 Å². The Hall–Kier alpha value is -3.50. The minimum absolute atomic E-state index is 0.00267. The molecule has 2 aromatic rings. The second-order valence-electron chi connectivity index (χ2n) is 9.77. The molecule has 2 saturated heterocycles. The molecule has 35 heavy (non-hydrogen) atoms. The molecule has 2 aromatic carbocycles. The van der Waals surface area contributed by atoms with Crippen LogP contribution in [0.25, 0.3) is 0 Å². The Morgan fingerprint density at radius 2 is 1.83 bits per heavy atom. The van der Waals surface area contributed by atoms with E-state index < -0.39 is 0 Å². The van der Waals surface area contributed by atoms with Gasteiger partial charge in [0.25, 0.3) is 5.91 Å². The van der Waals surface area contributed by atoms with Crippen LogP contribution in [0.4, 0.5) is 0 Å². The number of rotatable bonds is 3. The minimum atomic E-state index is -0.272. The molecular formula is C28H28N2O5. The molecule has 1 N–H and O–H groups in total. The van der Waals surface area contributed by atoms with Crippen LogP contribution < -0.4 is 9.47 Å². The highest BCUT2D eigenvalue weighted by Crippen LogP contribution is 2.43. The van der Waals surface area contributed by atoms with Crippen LogP contribution in [0.1, 0.15) is 53.1 Å². The lowest BCUT2D eigenvalue weighted by atomic mass is 9.73. The number of hydrogen-bond donors (Lipinski definition) is 1. The van der Waals surface area contributed by atoms with Crippen molar-refractivity contribution < 1.29 is 24.2 Å². The SMILES string of the molecule is O=C(c1ccc2c(c1)OCO2)N1CC(=O)N2[C@H](CO)[C@H](c3ccc(C#CC4CCCC4)cc3)[C@H]2C1. The number of nitrogens with zero attached hydrogens (tertiary/aromatic N) is 2. The Labute approximate surface area is 204 Å². The van der Waals surface area contributed by atoms with Crippen LogP contribution in [0.3, 0.4) is 0 Å². The molecular weight excluding hydrogens is 444 g/mol. The van der Waals surface area contributed by atoms with Gasteiger partial charge < -0.3 is 24.4 Å². The van der Waals surface area contributed by atoms with E-state index >= 15 is 0 Å². The quantitative estimate of drug-likeness (QED) is 0.695. The maximum absolute atomic E-state index is 13.2. The summed E-state index contributed by atoms with van der Waals surface area (Å²) < 4.78 is 10.7. The molecule has 4 aliphatic rings. The molecule has 0 unspecified atom stereocenters. The normalized spacial score (nSPS) is 25.1. The number of piperazine rings is 1. The van der Waals surface area contributed by atoms with Crippen LogP contribution in [0, 0.1) is 17.8 Å². The summed E-state index contributed by atoms with van der Waals surface area (Å²) in [7, 11) is 0. The second kappa shape index (κ2) is 8.94. The van der Waals surface area contributed by atoms with Crippen molar-refractivity contribution in [3.63, 3.8) is 0 Å². The first-order valence-corrected chi connectivity index (χ1v) is 12.3. The molecule has 180 valence electrons. The molecule has 7 nitrogen and oxygen atoms in total. The van der Waals surface area contributed by atoms with Gasteiger partial charge in [0.1, 0.15) is 6.54 Å². The van der Waals surface area contributed by atoms with E-state index in [0.717, 1.165) is 11.1 Å². The van der Waals surface area contributed by atoms with E-state index in [9.17, 15) is 14.7 Å². The molecule has 0 spiro atoms. The van der Waals surface area contributed by atoms with E-state index in [1.54, 1.807) is 28.0 Å². The fraction of sp³-hybridized carbons (Fsp3) is 0.429. The van der Waals surface area contributed by atoms with Crippen molar-refractivity contribution in [3.8, 4) is 23.3 Å². The topological polar surface area (TPSA) is 79.3 Å². The summed E-state index contributed by atoms with van der Waals surface area (Å²) in [6.45, 7) is 0.458. The fourth-order valence-corrected chi connectivity index (χ4v) is 5.91. The number of carbonyl (C=O) groups excluding carboxylic acids is 2. The summed E-state index contributed by atoms with van der Waals surface area (Å²) in [4.78, 5) is 29.5. The smallest absolute Gasteiger partial charge is 0.254 e. The standard InChI is InChI=1S/C28H28N2O5/c31-16-23-27(20-9-7-19(8-10-20)6-5-18-3-1-2-4-18)22-14-29(15-26(32)30(22)23)28(33)21-11-12-24-25(13-21)35-17-34-24/h7-13,18,22-23,27,31H,1-4,14-17H2/t22-,23-,27-/m1/s1. The zero-order valence-corrected chi connectivity index (χ0v) is 19.5. The van der Waals surface area contributed by atoms with Gasteiger partial charge in [-0.2, -0.15) is 0 Å². The van der Waals surface area contributed by atoms with Crippen LogP contribution in [0.5, 0.6) is 11.5 Å². The molecule has 3 fully saturated rings. The lowest BCUT2D eigenvalue weighted by molar-refractivity contribution is -0.159. The molecule has 0 radical (unpaired) electrons. The summed E-state index contributed by atoms with van der Waals surface area (Å²) in [6, 6.07) is 12.8. The van der Waals surface area contributed by atoms with Gasteiger partial charge in [0.05, 0.1) is 18.7 Å². The first-order valence-electron chi connectivity index (χ1n) is 12.3. The molecule has 1 saturated carbocycles. The minimum Gasteiger partial charge on any atom is -0.454 e. The third-order valence-corrected chi connectivity index (χ3v) is 7.73. The van der Waals surface area contributed by atoms with Crippen molar-refractivity contribution in [1.82, 2.24) is 9.80 Å². The Morgan fingerprint density at radius 1 is 1.06 bits per heavy atom. The molecule has 6 rings (SSSR count). The largest absolute Gasteiger partial charge is 0.454 e. The predicted molar refractivity (Wildman–Crippen MR) is 128 cm³/mol. The Balaban J connectivity index is 1.19. The number of fused-ring (bicyclic) bond motifs is 2. The highest BCUT2D eigenvalue weighted by Gasteiger charge is 2.54. The maximum Gasteiger partial charge on any atom is 0.254 e. The average molecular weight is 473 g/mol. The number of aliphatic hydroxyl groups excluding tert-OH is 1. The number of benzene rings is 2. The van der Waals surface area contributed by atoms with Gasteiger partial charge in [-0.3, -0.25) is 9.59 Å². The summed E-state index contributed by atoms with van der Waals surface area (Å²) in [5, 5.41) is 10.1. The number of carbonyl (C=O) groups is 2. The van der Waals surface area contributed by atoms with Crippen LogP contribution >= 0.6 is 0 Å². The summed E-state index contributed by atoms with van der Waals surface area (Å²) in [6.07, 6.45) is 4.93. The van der Waals surface area contributed by atoms with Crippen LogP contribution in [-0.2, 0) is 4.79 Å². The molecule has 0 bridgehead atoms. The van der Waals surface area contributed by atoms with Gasteiger partial charge in [-0.05, 0) is 48.7 Å². The zero-order valence-electron chi connectivity index (χ0n) is 19.5.